The molecular formula is C73H50N5OPtS-3. The first-order chi connectivity index (χ1) is 39.3. The molecule has 0 saturated heterocycles. The van der Waals surface area contributed by atoms with E-state index < -0.39 is 0 Å². The number of nitrogens with zero attached hydrogens (tertiary/aromatic N) is 5. The molecular weight excluding hydrogens is 1190 g/mol. The molecule has 14 aromatic rings. The molecule has 4 aromatic heterocycles. The van der Waals surface area contributed by atoms with Crippen molar-refractivity contribution in [3.05, 3.63) is 267 Å². The Morgan fingerprint density at radius 3 is 1.84 bits per heavy atom. The molecule has 5 heterocycles. The number of pyridine rings is 2. The van der Waals surface area contributed by atoms with Gasteiger partial charge in [-0.15, -0.1) is 59.6 Å². The number of thiophene rings is 1. The number of rotatable bonds is 9. The van der Waals surface area contributed by atoms with Crippen molar-refractivity contribution < 1.29 is 25.8 Å². The van der Waals surface area contributed by atoms with Crippen LogP contribution in [-0.2, 0) is 26.5 Å². The number of hydrogen-bond acceptors (Lipinski definition) is 6. The second kappa shape index (κ2) is 20.2. The van der Waals surface area contributed by atoms with Crippen LogP contribution in [0.2, 0.25) is 0 Å². The minimum absolute atomic E-state index is 0. The van der Waals surface area contributed by atoms with Gasteiger partial charge in [-0.1, -0.05) is 189 Å². The standard InChI is InChI=1S/C73H50N5OS.Pt/c1-73(2,3)53-36-39-75-67(43-53)78-66-45-55(32-33-63(66)72-70(78)68-61-26-12-10-24-59(61)60-25-11-13-27-62(60)71(68)80-72)79-56-42-52(48-34-37-74-38-35-48)41-54(44-56)76-46-77(65-31-15-14-30-64(65)76)69-57(49-20-8-5-9-21-49)28-17-29-58(69)51-23-16-22-50(40-51)47-18-6-4-7-19-47;/h4-43,46H,1-3H3;/q-3;. The van der Waals surface area contributed by atoms with Gasteiger partial charge in [0.2, 0.25) is 0 Å². The second-order valence-corrected chi connectivity index (χ2v) is 22.5. The largest absolute Gasteiger partial charge is 0.509 e. The molecule has 0 atom stereocenters. The Morgan fingerprint density at radius 2 is 1.09 bits per heavy atom. The van der Waals surface area contributed by atoms with Gasteiger partial charge in [0.15, 0.2) is 0 Å². The van der Waals surface area contributed by atoms with Crippen LogP contribution < -0.4 is 14.5 Å². The Labute approximate surface area is 489 Å². The normalized spacial score (nSPS) is 12.4. The van der Waals surface area contributed by atoms with Crippen molar-refractivity contribution in [2.45, 2.75) is 26.2 Å². The maximum absolute atomic E-state index is 7.10. The predicted octanol–water partition coefficient (Wildman–Crippen LogP) is 19.9. The van der Waals surface area contributed by atoms with Gasteiger partial charge in [-0.25, -0.2) is 4.98 Å². The van der Waals surface area contributed by atoms with E-state index in [9.17, 15) is 0 Å². The van der Waals surface area contributed by atoms with E-state index in [1.165, 1.54) is 47.5 Å². The molecule has 81 heavy (non-hydrogen) atoms. The van der Waals surface area contributed by atoms with Gasteiger partial charge in [0.1, 0.15) is 5.82 Å². The Morgan fingerprint density at radius 1 is 0.469 bits per heavy atom. The Hall–Kier alpha value is -9.13. The molecule has 10 aromatic carbocycles. The first-order valence-corrected chi connectivity index (χ1v) is 27.8. The van der Waals surface area contributed by atoms with Crippen LogP contribution >= 0.6 is 11.3 Å². The summed E-state index contributed by atoms with van der Waals surface area (Å²) in [5.41, 5.74) is 15.8. The first-order valence-electron chi connectivity index (χ1n) is 27.0. The second-order valence-electron chi connectivity index (χ2n) is 21.5. The fourth-order valence-electron chi connectivity index (χ4n) is 11.7. The van der Waals surface area contributed by atoms with Gasteiger partial charge in [-0.3, -0.25) is 4.98 Å². The summed E-state index contributed by atoms with van der Waals surface area (Å²) in [6.07, 6.45) is 5.61. The predicted molar refractivity (Wildman–Crippen MR) is 333 cm³/mol. The number of ether oxygens (including phenoxy) is 1. The van der Waals surface area contributed by atoms with Crippen molar-refractivity contribution in [3.63, 3.8) is 0 Å². The topological polar surface area (TPSA) is 46.4 Å². The van der Waals surface area contributed by atoms with E-state index >= 15 is 0 Å². The zero-order valence-electron chi connectivity index (χ0n) is 44.5. The molecule has 0 N–H and O–H groups in total. The van der Waals surface area contributed by atoms with E-state index in [0.717, 1.165) is 83.9 Å². The molecule has 0 saturated carbocycles. The summed E-state index contributed by atoms with van der Waals surface area (Å²) >= 11 is 1.84. The van der Waals surface area contributed by atoms with Crippen molar-refractivity contribution >= 4 is 86.8 Å². The molecule has 0 spiro atoms. The molecule has 15 rings (SSSR count). The molecule has 8 heteroatoms. The molecule has 6 nitrogen and oxygen atoms in total. The molecule has 0 fully saturated rings. The van der Waals surface area contributed by atoms with E-state index in [2.05, 4.69) is 265 Å². The fraction of sp³-hybridized carbons (Fsp3) is 0.0548. The van der Waals surface area contributed by atoms with Gasteiger partial charge in [0, 0.05) is 99.5 Å². The first kappa shape index (κ1) is 50.1. The Bertz CT molecular complexity index is 4720. The van der Waals surface area contributed by atoms with E-state index in [1.807, 2.05) is 48.1 Å². The molecule has 0 unspecified atom stereocenters. The van der Waals surface area contributed by atoms with Crippen LogP contribution in [-0.4, -0.2) is 14.5 Å². The average molecular weight is 1240 g/mol. The number of hydrogen-bond donors (Lipinski definition) is 0. The molecule has 0 radical (unpaired) electrons. The number of anilines is 4. The van der Waals surface area contributed by atoms with E-state index in [4.69, 9.17) is 9.72 Å². The van der Waals surface area contributed by atoms with Gasteiger partial charge in [-0.2, -0.15) is 6.07 Å². The quantitative estimate of drug-likeness (QED) is 0.106. The Kier molecular flexibility index (Phi) is 12.5. The van der Waals surface area contributed by atoms with Crippen LogP contribution in [0.25, 0.3) is 103 Å². The zero-order valence-corrected chi connectivity index (χ0v) is 47.6. The van der Waals surface area contributed by atoms with Crippen LogP contribution in [0.5, 0.6) is 11.5 Å². The summed E-state index contributed by atoms with van der Waals surface area (Å²) in [5.74, 6) is 1.95. The number of fused-ring (bicyclic) bond motifs is 11. The summed E-state index contributed by atoms with van der Waals surface area (Å²) in [6, 6.07) is 87.5. The van der Waals surface area contributed by atoms with Gasteiger partial charge in [-0.05, 0) is 97.4 Å². The van der Waals surface area contributed by atoms with Crippen LogP contribution in [0.3, 0.4) is 0 Å². The third-order valence-corrected chi connectivity index (χ3v) is 16.8. The van der Waals surface area contributed by atoms with Crippen molar-refractivity contribution in [1.82, 2.24) is 14.5 Å². The van der Waals surface area contributed by atoms with Gasteiger partial charge in [0.05, 0.1) is 5.52 Å². The summed E-state index contributed by atoms with van der Waals surface area (Å²) in [5, 5.41) is 7.25. The van der Waals surface area contributed by atoms with Crippen molar-refractivity contribution in [3.8, 4) is 61.8 Å². The SMILES string of the molecule is CC(C)(C)c1ccnc(-n2c3[c-]c(Oc4[c-]c(N5[CH-]N(c6c(-c7ccccc7)cccc6-c6cccc(-c7ccccc7)c6)c6ccccc65)cc(-c5ccncc5)c4)ccc3c3sc4c5ccccc5c5ccccc5c4c32)c1.[Pt]. The van der Waals surface area contributed by atoms with Crippen molar-refractivity contribution in [2.75, 3.05) is 9.80 Å². The zero-order chi connectivity index (χ0) is 53.5. The molecule has 1 aliphatic rings. The molecule has 1 aliphatic heterocycles. The molecule has 392 valence electrons. The molecule has 0 aliphatic carbocycles. The summed E-state index contributed by atoms with van der Waals surface area (Å²) < 4.78 is 11.9. The third kappa shape index (κ3) is 8.67. The molecule has 0 amide bonds. The van der Waals surface area contributed by atoms with E-state index in [-0.39, 0.29) is 26.5 Å². The number of aromatic nitrogens is 3. The minimum atomic E-state index is -0.100. The van der Waals surface area contributed by atoms with Crippen molar-refractivity contribution in [2.24, 2.45) is 0 Å². The van der Waals surface area contributed by atoms with E-state index in [0.29, 0.717) is 11.5 Å². The summed E-state index contributed by atoms with van der Waals surface area (Å²) in [6.45, 7) is 8.96. The van der Waals surface area contributed by atoms with Crippen LogP contribution in [0.15, 0.2) is 243 Å². The van der Waals surface area contributed by atoms with Gasteiger partial charge in [0.25, 0.3) is 0 Å². The Balaban J connectivity index is 0.00000589. The maximum Gasteiger partial charge on any atom is 0.135 e. The van der Waals surface area contributed by atoms with E-state index in [1.54, 1.807) is 0 Å². The van der Waals surface area contributed by atoms with Crippen LogP contribution in [0.1, 0.15) is 26.3 Å². The smallest absolute Gasteiger partial charge is 0.135 e. The number of benzene rings is 10. The van der Waals surface area contributed by atoms with Crippen molar-refractivity contribution in [1.29, 1.82) is 0 Å². The summed E-state index contributed by atoms with van der Waals surface area (Å²) in [4.78, 5) is 14.1. The molecule has 0 bridgehead atoms. The van der Waals surface area contributed by atoms with Crippen LogP contribution in [0.4, 0.5) is 22.7 Å². The van der Waals surface area contributed by atoms with Crippen LogP contribution in [0, 0.1) is 18.8 Å². The summed E-state index contributed by atoms with van der Waals surface area (Å²) in [7, 11) is 0. The fourth-order valence-corrected chi connectivity index (χ4v) is 13.1. The monoisotopic (exact) mass is 1240 g/mol. The minimum Gasteiger partial charge on any atom is -0.509 e. The van der Waals surface area contributed by atoms with Gasteiger partial charge >= 0.3 is 0 Å². The average Bonchev–Trinajstić information content (AvgIpc) is 3.40. The number of para-hydroxylation sites is 3. The maximum atomic E-state index is 7.10. The third-order valence-electron chi connectivity index (χ3n) is 15.6. The van der Waals surface area contributed by atoms with Gasteiger partial charge < -0.3 is 19.1 Å².